The number of fused-ring (bicyclic) bond motifs is 3. The molecule has 17 heavy (non-hydrogen) atoms. The van der Waals surface area contributed by atoms with E-state index in [0.29, 0.717) is 5.69 Å². The molecule has 0 atom stereocenters. The van der Waals surface area contributed by atoms with Crippen LogP contribution in [-0.2, 0) is 0 Å². The number of methoxy groups -OCH3 is 1. The number of nitriles is 1. The van der Waals surface area contributed by atoms with Crippen LogP contribution in [0.2, 0.25) is 0 Å². The number of pyridine rings is 2. The number of nitrogens with one attached hydrogen (secondary N) is 1. The van der Waals surface area contributed by atoms with Crippen LogP contribution in [0.25, 0.3) is 21.9 Å². The van der Waals surface area contributed by atoms with Crippen molar-refractivity contribution in [1.82, 2.24) is 15.0 Å². The van der Waals surface area contributed by atoms with Crippen LogP contribution in [0.4, 0.5) is 0 Å². The Labute approximate surface area is 96.7 Å². The maximum Gasteiger partial charge on any atom is 0.142 e. The summed E-state index contributed by atoms with van der Waals surface area (Å²) in [6.45, 7) is 0. The van der Waals surface area contributed by atoms with Crippen molar-refractivity contribution in [2.75, 3.05) is 7.11 Å². The number of aromatic nitrogens is 3. The first-order chi connectivity index (χ1) is 8.33. The molecule has 3 aromatic heterocycles. The van der Waals surface area contributed by atoms with Gasteiger partial charge in [-0.05, 0) is 12.1 Å². The highest BCUT2D eigenvalue weighted by Gasteiger charge is 2.11. The maximum atomic E-state index is 8.86. The van der Waals surface area contributed by atoms with E-state index >= 15 is 0 Å². The van der Waals surface area contributed by atoms with E-state index in [1.807, 2.05) is 6.07 Å². The van der Waals surface area contributed by atoms with Gasteiger partial charge in [-0.3, -0.25) is 0 Å². The molecule has 3 rings (SSSR count). The molecule has 0 amide bonds. The summed E-state index contributed by atoms with van der Waals surface area (Å²) in [5.74, 6) is 0.733. The number of hydrogen-bond donors (Lipinski definition) is 1. The van der Waals surface area contributed by atoms with Gasteiger partial charge in [0.2, 0.25) is 0 Å². The first-order valence-corrected chi connectivity index (χ1v) is 5.04. The lowest BCUT2D eigenvalue weighted by Crippen LogP contribution is -1.85. The molecule has 0 fully saturated rings. The summed E-state index contributed by atoms with van der Waals surface area (Å²) >= 11 is 0. The van der Waals surface area contributed by atoms with E-state index < -0.39 is 0 Å². The molecule has 0 aliphatic carbocycles. The van der Waals surface area contributed by atoms with Gasteiger partial charge < -0.3 is 9.72 Å². The Morgan fingerprint density at radius 3 is 3.06 bits per heavy atom. The SMILES string of the molecule is COc1ccnc2[nH]c3cnc(C#N)cc3c12. The average molecular weight is 224 g/mol. The Bertz CT molecular complexity index is 754. The van der Waals surface area contributed by atoms with Crippen LogP contribution < -0.4 is 4.74 Å². The fraction of sp³-hybridized carbons (Fsp3) is 0.0833. The maximum absolute atomic E-state index is 8.86. The molecule has 0 saturated carbocycles. The number of rotatable bonds is 1. The fourth-order valence-corrected chi connectivity index (χ4v) is 1.92. The van der Waals surface area contributed by atoms with Gasteiger partial charge in [0.1, 0.15) is 23.2 Å². The zero-order valence-corrected chi connectivity index (χ0v) is 9.06. The lowest BCUT2D eigenvalue weighted by Gasteiger charge is -2.00. The quantitative estimate of drug-likeness (QED) is 0.685. The Hall–Kier alpha value is -2.61. The second-order valence-corrected chi connectivity index (χ2v) is 3.59. The van der Waals surface area contributed by atoms with E-state index in [1.54, 1.807) is 31.6 Å². The summed E-state index contributed by atoms with van der Waals surface area (Å²) in [7, 11) is 1.61. The number of nitrogens with zero attached hydrogens (tertiary/aromatic N) is 3. The van der Waals surface area contributed by atoms with Crippen LogP contribution in [0.1, 0.15) is 5.69 Å². The lowest BCUT2D eigenvalue weighted by molar-refractivity contribution is 0.420. The van der Waals surface area contributed by atoms with Gasteiger partial charge in [0.25, 0.3) is 0 Å². The van der Waals surface area contributed by atoms with Gasteiger partial charge in [0, 0.05) is 11.6 Å². The molecule has 1 N–H and O–H groups in total. The summed E-state index contributed by atoms with van der Waals surface area (Å²) < 4.78 is 5.30. The Kier molecular flexibility index (Phi) is 1.95. The van der Waals surface area contributed by atoms with Crippen LogP contribution >= 0.6 is 0 Å². The topological polar surface area (TPSA) is 74.6 Å². The molecule has 5 heteroatoms. The van der Waals surface area contributed by atoms with Crippen LogP contribution in [0.3, 0.4) is 0 Å². The highest BCUT2D eigenvalue weighted by Crippen LogP contribution is 2.31. The summed E-state index contributed by atoms with van der Waals surface area (Å²) in [6, 6.07) is 5.55. The molecular formula is C12H8N4O. The monoisotopic (exact) mass is 224 g/mol. The van der Waals surface area contributed by atoms with Gasteiger partial charge in [-0.1, -0.05) is 0 Å². The molecule has 3 heterocycles. The van der Waals surface area contributed by atoms with E-state index in [2.05, 4.69) is 15.0 Å². The third kappa shape index (κ3) is 1.31. The lowest BCUT2D eigenvalue weighted by atomic mass is 10.2. The third-order valence-electron chi connectivity index (χ3n) is 2.67. The van der Waals surface area contributed by atoms with Crippen molar-refractivity contribution >= 4 is 21.9 Å². The molecule has 0 aromatic carbocycles. The van der Waals surface area contributed by atoms with Crippen molar-refractivity contribution in [2.45, 2.75) is 0 Å². The molecular weight excluding hydrogens is 216 g/mol. The van der Waals surface area contributed by atoms with Gasteiger partial charge in [-0.15, -0.1) is 0 Å². The highest BCUT2D eigenvalue weighted by atomic mass is 16.5. The molecule has 0 aliphatic heterocycles. The van der Waals surface area contributed by atoms with E-state index in [0.717, 1.165) is 27.7 Å². The van der Waals surface area contributed by atoms with Crippen molar-refractivity contribution in [2.24, 2.45) is 0 Å². The van der Waals surface area contributed by atoms with Crippen LogP contribution in [0.5, 0.6) is 5.75 Å². The summed E-state index contributed by atoms with van der Waals surface area (Å²) in [5.41, 5.74) is 1.96. The number of hydrogen-bond acceptors (Lipinski definition) is 4. The number of ether oxygens (including phenoxy) is 1. The first-order valence-electron chi connectivity index (χ1n) is 5.04. The molecule has 0 unspecified atom stereocenters. The van der Waals surface area contributed by atoms with Gasteiger partial charge in [0.15, 0.2) is 0 Å². The van der Waals surface area contributed by atoms with Crippen molar-refractivity contribution in [3.8, 4) is 11.8 Å². The first kappa shape index (κ1) is 9.60. The summed E-state index contributed by atoms with van der Waals surface area (Å²) in [5, 5.41) is 10.6. The number of H-pyrrole nitrogens is 1. The molecule has 0 bridgehead atoms. The summed E-state index contributed by atoms with van der Waals surface area (Å²) in [4.78, 5) is 11.4. The average Bonchev–Trinajstić information content (AvgIpc) is 2.75. The molecule has 0 aliphatic rings. The van der Waals surface area contributed by atoms with Gasteiger partial charge >= 0.3 is 0 Å². The van der Waals surface area contributed by atoms with E-state index in [4.69, 9.17) is 10.00 Å². The minimum atomic E-state index is 0.379. The van der Waals surface area contributed by atoms with Crippen molar-refractivity contribution < 1.29 is 4.74 Å². The van der Waals surface area contributed by atoms with Crippen LogP contribution in [0, 0.1) is 11.3 Å². The largest absolute Gasteiger partial charge is 0.496 e. The normalized spacial score (nSPS) is 10.6. The van der Waals surface area contributed by atoms with Crippen molar-refractivity contribution in [3.05, 3.63) is 30.2 Å². The molecule has 82 valence electrons. The second kappa shape index (κ2) is 3.46. The predicted octanol–water partition coefficient (Wildman–Crippen LogP) is 1.99. The van der Waals surface area contributed by atoms with Crippen LogP contribution in [0.15, 0.2) is 24.5 Å². The van der Waals surface area contributed by atoms with E-state index in [1.165, 1.54) is 0 Å². The second-order valence-electron chi connectivity index (χ2n) is 3.59. The van der Waals surface area contributed by atoms with Gasteiger partial charge in [0.05, 0.1) is 24.2 Å². The smallest absolute Gasteiger partial charge is 0.142 e. The van der Waals surface area contributed by atoms with E-state index in [9.17, 15) is 0 Å². The molecule has 0 radical (unpaired) electrons. The molecule has 0 saturated heterocycles. The van der Waals surface area contributed by atoms with Gasteiger partial charge in [-0.25, -0.2) is 9.97 Å². The Morgan fingerprint density at radius 1 is 1.41 bits per heavy atom. The molecule has 3 aromatic rings. The van der Waals surface area contributed by atoms with Crippen LogP contribution in [-0.4, -0.2) is 22.1 Å². The Balaban J connectivity index is 2.51. The zero-order chi connectivity index (χ0) is 11.8. The van der Waals surface area contributed by atoms with Crippen molar-refractivity contribution in [1.29, 1.82) is 5.26 Å². The standard InChI is InChI=1S/C12H8N4O/c1-17-10-2-3-14-12-11(10)8-4-7(5-13)15-6-9(8)16-12/h2-4,6H,1H3,(H,14,16). The zero-order valence-electron chi connectivity index (χ0n) is 9.06. The minimum Gasteiger partial charge on any atom is -0.496 e. The number of aromatic amines is 1. The molecule has 0 spiro atoms. The minimum absolute atomic E-state index is 0.379. The highest BCUT2D eigenvalue weighted by molar-refractivity contribution is 6.08. The van der Waals surface area contributed by atoms with Gasteiger partial charge in [-0.2, -0.15) is 5.26 Å². The predicted molar refractivity (Wildman–Crippen MR) is 62.7 cm³/mol. The van der Waals surface area contributed by atoms with E-state index in [-0.39, 0.29) is 0 Å². The fourth-order valence-electron chi connectivity index (χ4n) is 1.92. The molecule has 5 nitrogen and oxygen atoms in total. The van der Waals surface area contributed by atoms with Crippen molar-refractivity contribution in [3.63, 3.8) is 0 Å². The third-order valence-corrected chi connectivity index (χ3v) is 2.67. The Morgan fingerprint density at radius 2 is 2.29 bits per heavy atom. The summed E-state index contributed by atoms with van der Waals surface area (Å²) in [6.07, 6.45) is 3.31.